The molecule has 2 nitrogen and oxygen atoms in total. The fourth-order valence-corrected chi connectivity index (χ4v) is 0.365. The zero-order valence-electron chi connectivity index (χ0n) is 6.68. The van der Waals surface area contributed by atoms with E-state index in [4.69, 9.17) is 0 Å². The fourth-order valence-electron chi connectivity index (χ4n) is 0.365. The molecule has 0 aromatic carbocycles. The molecule has 0 heterocycles. The molecule has 0 rings (SSSR count). The summed E-state index contributed by atoms with van der Waals surface area (Å²) < 4.78 is 4.35. The Morgan fingerprint density at radius 1 is 1.64 bits per heavy atom. The van der Waals surface area contributed by atoms with Crippen molar-refractivity contribution in [2.24, 2.45) is 0 Å². The maximum Gasteiger partial charge on any atom is 2.00 e. The van der Waals surface area contributed by atoms with E-state index >= 15 is 0 Å². The van der Waals surface area contributed by atoms with E-state index in [1.54, 1.807) is 6.08 Å². The number of hydrogen-bond donors (Lipinski definition) is 0. The molecule has 0 unspecified atom stereocenters. The van der Waals surface area contributed by atoms with Crippen LogP contribution in [0.2, 0.25) is 0 Å². The van der Waals surface area contributed by atoms with Gasteiger partial charge >= 0.3 is 25.4 Å². The van der Waals surface area contributed by atoms with Crippen molar-refractivity contribution in [2.75, 3.05) is 7.11 Å². The van der Waals surface area contributed by atoms with Gasteiger partial charge in [-0.25, -0.2) is 4.79 Å². The Morgan fingerprint density at radius 2 is 2.18 bits per heavy atom. The molecule has 0 atom stereocenters. The van der Waals surface area contributed by atoms with Crippen LogP contribution in [0.1, 0.15) is 12.8 Å². The molecule has 4 heteroatoms. The quantitative estimate of drug-likeness (QED) is 0.204. The number of carbonyl (C=O) groups excluding carboxylic acids is 1. The van der Waals surface area contributed by atoms with Gasteiger partial charge in [0.15, 0.2) is 0 Å². The van der Waals surface area contributed by atoms with Crippen LogP contribution < -0.4 is 24.0 Å². The van der Waals surface area contributed by atoms with Gasteiger partial charge in [-0.05, 0) is 0 Å². The molecular weight excluding hydrogens is 308 g/mol. The van der Waals surface area contributed by atoms with Gasteiger partial charge in [-0.2, -0.15) is 6.42 Å². The first-order valence-corrected chi connectivity index (χ1v) is 2.85. The van der Waals surface area contributed by atoms with Gasteiger partial charge in [-0.3, -0.25) is 0 Å². The van der Waals surface area contributed by atoms with Gasteiger partial charge in [0, 0.05) is 6.08 Å². The maximum absolute atomic E-state index is 10.4. The topological polar surface area (TPSA) is 26.3 Å². The molecule has 0 spiro atoms. The van der Waals surface area contributed by atoms with Crippen molar-refractivity contribution in [3.05, 3.63) is 19.1 Å². The fraction of sp³-hybridized carbons (Fsp3) is 0.429. The van der Waals surface area contributed by atoms with Crippen molar-refractivity contribution < 1.29 is 53.0 Å². The van der Waals surface area contributed by atoms with Crippen molar-refractivity contribution in [1.29, 1.82) is 0 Å². The van der Waals surface area contributed by atoms with E-state index in [2.05, 4.69) is 11.7 Å². The van der Waals surface area contributed by atoms with E-state index in [1.807, 2.05) is 0 Å². The molecule has 11 heavy (non-hydrogen) atoms. The Balaban J connectivity index is -0.000000320. The largest absolute Gasteiger partial charge is 2.00 e. The molecular formula is C7H11IO2Zn. The predicted molar refractivity (Wildman–Crippen MR) is 35.7 cm³/mol. The first-order chi connectivity index (χ1) is 4.31. The van der Waals surface area contributed by atoms with Gasteiger partial charge in [0.25, 0.3) is 0 Å². The van der Waals surface area contributed by atoms with Crippen molar-refractivity contribution in [3.63, 3.8) is 0 Å². The first kappa shape index (κ1) is 17.6. The Morgan fingerprint density at radius 3 is 2.55 bits per heavy atom. The third-order valence-corrected chi connectivity index (χ3v) is 0.826. The van der Waals surface area contributed by atoms with E-state index in [1.165, 1.54) is 13.2 Å². The Labute approximate surface area is 97.5 Å². The van der Waals surface area contributed by atoms with Crippen LogP contribution in [0, 0.1) is 6.92 Å². The van der Waals surface area contributed by atoms with Crippen LogP contribution in [0.4, 0.5) is 0 Å². The molecule has 0 aliphatic rings. The summed E-state index contributed by atoms with van der Waals surface area (Å²) in [6.45, 7) is 3.60. The monoisotopic (exact) mass is 318 g/mol. The summed E-state index contributed by atoms with van der Waals surface area (Å²) in [5.41, 5.74) is 0. The number of carbonyl (C=O) groups is 1. The van der Waals surface area contributed by atoms with E-state index in [-0.39, 0.29) is 49.4 Å². The number of esters is 1. The molecule has 0 aliphatic heterocycles. The number of methoxy groups -OCH3 is 1. The molecule has 0 saturated heterocycles. The predicted octanol–water partition coefficient (Wildman–Crippen LogP) is -1.67. The third-order valence-electron chi connectivity index (χ3n) is 0.826. The van der Waals surface area contributed by atoms with Gasteiger partial charge in [-0.1, -0.05) is 12.5 Å². The Bertz CT molecular complexity index is 115. The van der Waals surface area contributed by atoms with Crippen LogP contribution in [-0.4, -0.2) is 13.1 Å². The second-order valence-corrected chi connectivity index (χ2v) is 1.57. The van der Waals surface area contributed by atoms with Crippen LogP contribution >= 0.6 is 0 Å². The minimum atomic E-state index is -0.302. The van der Waals surface area contributed by atoms with E-state index in [0.717, 1.165) is 12.8 Å². The molecule has 0 radical (unpaired) electrons. The molecule has 0 bridgehead atoms. The first-order valence-electron chi connectivity index (χ1n) is 2.85. The Hall–Kier alpha value is 0.563. The summed E-state index contributed by atoms with van der Waals surface area (Å²) in [5, 5.41) is 0. The van der Waals surface area contributed by atoms with Gasteiger partial charge < -0.3 is 35.6 Å². The number of allylic oxidation sites excluding steroid dienone is 1. The SMILES string of the molecule is [CH2-]CCC=CC(=O)OC.[I-].[Zn+2]. The van der Waals surface area contributed by atoms with Gasteiger partial charge in [-0.15, -0.1) is 0 Å². The van der Waals surface area contributed by atoms with Crippen molar-refractivity contribution in [1.82, 2.24) is 0 Å². The van der Waals surface area contributed by atoms with Crippen LogP contribution in [0.25, 0.3) is 0 Å². The van der Waals surface area contributed by atoms with Gasteiger partial charge in [0.2, 0.25) is 0 Å². The van der Waals surface area contributed by atoms with E-state index in [0.29, 0.717) is 0 Å². The maximum atomic E-state index is 10.4. The van der Waals surface area contributed by atoms with Crippen molar-refractivity contribution >= 4 is 5.97 Å². The summed E-state index contributed by atoms with van der Waals surface area (Å²) in [4.78, 5) is 10.4. The van der Waals surface area contributed by atoms with Crippen LogP contribution in [0.15, 0.2) is 12.2 Å². The summed E-state index contributed by atoms with van der Waals surface area (Å²) >= 11 is 0. The summed E-state index contributed by atoms with van der Waals surface area (Å²) in [6, 6.07) is 0. The molecule has 60 valence electrons. The van der Waals surface area contributed by atoms with E-state index < -0.39 is 0 Å². The zero-order chi connectivity index (χ0) is 7.11. The smallest absolute Gasteiger partial charge is 1.00 e. The summed E-state index contributed by atoms with van der Waals surface area (Å²) in [5.74, 6) is -0.302. The molecule has 0 fully saturated rings. The van der Waals surface area contributed by atoms with E-state index in [9.17, 15) is 4.79 Å². The van der Waals surface area contributed by atoms with Crippen LogP contribution in [0.5, 0.6) is 0 Å². The average Bonchev–Trinajstić information content (AvgIpc) is 1.89. The van der Waals surface area contributed by atoms with Crippen molar-refractivity contribution in [2.45, 2.75) is 12.8 Å². The number of halogens is 1. The molecule has 0 aliphatic carbocycles. The summed E-state index contributed by atoms with van der Waals surface area (Å²) in [6.07, 6.45) is 4.80. The van der Waals surface area contributed by atoms with Gasteiger partial charge in [0.1, 0.15) is 0 Å². The molecule has 0 aromatic rings. The number of ether oxygens (including phenoxy) is 1. The second kappa shape index (κ2) is 13.2. The normalized spacial score (nSPS) is 8.18. The van der Waals surface area contributed by atoms with Crippen molar-refractivity contribution in [3.8, 4) is 0 Å². The molecule has 0 N–H and O–H groups in total. The average molecular weight is 319 g/mol. The van der Waals surface area contributed by atoms with Crippen LogP contribution in [0.3, 0.4) is 0 Å². The second-order valence-electron chi connectivity index (χ2n) is 1.57. The minimum Gasteiger partial charge on any atom is -1.00 e. The molecule has 0 saturated carbocycles. The molecule has 0 amide bonds. The van der Waals surface area contributed by atoms with Gasteiger partial charge in [0.05, 0.1) is 7.11 Å². The molecule has 0 aromatic heterocycles. The number of unbranched alkanes of at least 4 members (excludes halogenated alkanes) is 1. The number of rotatable bonds is 3. The number of hydrogen-bond acceptors (Lipinski definition) is 2. The van der Waals surface area contributed by atoms with Crippen LogP contribution in [-0.2, 0) is 29.0 Å². The standard InChI is InChI=1S/C7H11O2.HI.Zn/c1-3-4-5-6-7(8)9-2;;/h5-6H,1,3-4H2,2H3;1H;/q-1;;+2/p-1. The summed E-state index contributed by atoms with van der Waals surface area (Å²) in [7, 11) is 1.36. The zero-order valence-corrected chi connectivity index (χ0v) is 11.8. The minimum absolute atomic E-state index is 0. The Kier molecular flexibility index (Phi) is 21.1. The third kappa shape index (κ3) is 13.5.